The van der Waals surface area contributed by atoms with E-state index in [1.54, 1.807) is 22.3 Å². The van der Waals surface area contributed by atoms with Crippen LogP contribution in [0.4, 0.5) is 0 Å². The summed E-state index contributed by atoms with van der Waals surface area (Å²) in [4.78, 5) is 0. The van der Waals surface area contributed by atoms with E-state index in [1.807, 2.05) is 0 Å². The van der Waals surface area contributed by atoms with Gasteiger partial charge in [-0.2, -0.15) is 0 Å². The molecule has 112 valence electrons. The molecule has 3 aliphatic carbocycles. The number of fused-ring (bicyclic) bond motifs is 1. The lowest BCUT2D eigenvalue weighted by Crippen LogP contribution is -2.16. The highest BCUT2D eigenvalue weighted by Crippen LogP contribution is 2.62. The van der Waals surface area contributed by atoms with Crippen molar-refractivity contribution in [3.63, 3.8) is 0 Å². The van der Waals surface area contributed by atoms with Gasteiger partial charge in [0.25, 0.3) is 0 Å². The minimum atomic E-state index is 0.345. The van der Waals surface area contributed by atoms with Crippen LogP contribution in [0.25, 0.3) is 0 Å². The van der Waals surface area contributed by atoms with E-state index in [9.17, 15) is 0 Å². The van der Waals surface area contributed by atoms with Gasteiger partial charge in [0.2, 0.25) is 0 Å². The van der Waals surface area contributed by atoms with Gasteiger partial charge in [0, 0.05) is 0 Å². The summed E-state index contributed by atoms with van der Waals surface area (Å²) in [6, 6.07) is 0. The minimum Gasteiger partial charge on any atom is -0.0573 e. The molecule has 20 heavy (non-hydrogen) atoms. The van der Waals surface area contributed by atoms with Gasteiger partial charge in [-0.25, -0.2) is 0 Å². The summed E-state index contributed by atoms with van der Waals surface area (Å²) < 4.78 is 0. The van der Waals surface area contributed by atoms with Gasteiger partial charge < -0.3 is 0 Å². The predicted octanol–water partition coefficient (Wildman–Crippen LogP) is 6.43. The zero-order chi connectivity index (χ0) is 14.8. The van der Waals surface area contributed by atoms with Crippen molar-refractivity contribution >= 4 is 0 Å². The van der Waals surface area contributed by atoms with Gasteiger partial charge in [0.05, 0.1) is 0 Å². The number of hydrogen-bond donors (Lipinski definition) is 0. The van der Waals surface area contributed by atoms with Crippen LogP contribution in [0.15, 0.2) is 22.3 Å². The molecule has 0 aromatic heterocycles. The van der Waals surface area contributed by atoms with Gasteiger partial charge in [-0.05, 0) is 59.5 Å². The van der Waals surface area contributed by atoms with Crippen LogP contribution in [0.5, 0.6) is 0 Å². The quantitative estimate of drug-likeness (QED) is 0.476. The molecule has 2 fully saturated rings. The van der Waals surface area contributed by atoms with E-state index in [0.29, 0.717) is 16.2 Å². The van der Waals surface area contributed by atoms with Crippen molar-refractivity contribution in [3.8, 4) is 0 Å². The summed E-state index contributed by atoms with van der Waals surface area (Å²) in [6.07, 6.45) is 9.95. The molecule has 0 bridgehead atoms. The fourth-order valence-corrected chi connectivity index (χ4v) is 4.91. The molecule has 3 aliphatic rings. The van der Waals surface area contributed by atoms with Crippen LogP contribution in [0, 0.1) is 16.2 Å². The first kappa shape index (κ1) is 14.4. The molecule has 0 atom stereocenters. The minimum absolute atomic E-state index is 0.345. The molecule has 0 aromatic rings. The Labute approximate surface area is 125 Å². The molecule has 0 aliphatic heterocycles. The molecule has 0 heteroatoms. The zero-order valence-electron chi connectivity index (χ0n) is 14.4. The third-order valence-corrected chi connectivity index (χ3v) is 6.02. The Hall–Kier alpha value is -0.520. The van der Waals surface area contributed by atoms with Crippen LogP contribution in [-0.4, -0.2) is 0 Å². The van der Waals surface area contributed by atoms with E-state index in [1.165, 1.54) is 44.9 Å². The average Bonchev–Trinajstić information content (AvgIpc) is 2.90. The number of hydrogen-bond acceptors (Lipinski definition) is 0. The van der Waals surface area contributed by atoms with Gasteiger partial charge in [0.1, 0.15) is 0 Å². The maximum atomic E-state index is 2.41. The largest absolute Gasteiger partial charge is 0.0573 e. The van der Waals surface area contributed by atoms with Crippen molar-refractivity contribution < 1.29 is 0 Å². The van der Waals surface area contributed by atoms with Crippen molar-refractivity contribution in [2.75, 3.05) is 0 Å². The van der Waals surface area contributed by atoms with Crippen LogP contribution in [0.3, 0.4) is 0 Å². The van der Waals surface area contributed by atoms with Crippen molar-refractivity contribution in [1.29, 1.82) is 0 Å². The molecule has 0 amide bonds. The molecule has 0 radical (unpaired) electrons. The second-order valence-electron chi connectivity index (χ2n) is 9.65. The highest BCUT2D eigenvalue weighted by Gasteiger charge is 2.47. The van der Waals surface area contributed by atoms with Crippen LogP contribution in [0.2, 0.25) is 0 Å². The molecular formula is C20H32. The average molecular weight is 272 g/mol. The summed E-state index contributed by atoms with van der Waals surface area (Å²) in [5.41, 5.74) is 8.48. The molecule has 0 saturated heterocycles. The second kappa shape index (κ2) is 4.24. The Morgan fingerprint density at radius 3 is 1.45 bits per heavy atom. The third-order valence-electron chi connectivity index (χ3n) is 6.02. The van der Waals surface area contributed by atoms with Crippen molar-refractivity contribution in [2.45, 2.75) is 86.5 Å². The van der Waals surface area contributed by atoms with E-state index in [4.69, 9.17) is 0 Å². The molecular weight excluding hydrogens is 240 g/mol. The highest BCUT2D eigenvalue weighted by atomic mass is 14.5. The smallest absolute Gasteiger partial charge is 0.00861 e. The van der Waals surface area contributed by atoms with Gasteiger partial charge in [-0.3, -0.25) is 0 Å². The molecule has 3 rings (SSSR count). The summed E-state index contributed by atoms with van der Waals surface area (Å²) in [5.74, 6) is 0. The molecule has 0 unspecified atom stereocenters. The first-order chi connectivity index (χ1) is 9.12. The lowest BCUT2D eigenvalue weighted by Gasteiger charge is -2.29. The monoisotopic (exact) mass is 272 g/mol. The van der Waals surface area contributed by atoms with Crippen LogP contribution < -0.4 is 0 Å². The van der Waals surface area contributed by atoms with Crippen LogP contribution >= 0.6 is 0 Å². The van der Waals surface area contributed by atoms with Crippen molar-refractivity contribution in [1.82, 2.24) is 0 Å². The molecule has 2 saturated carbocycles. The van der Waals surface area contributed by atoms with E-state index in [0.717, 1.165) is 0 Å². The maximum Gasteiger partial charge on any atom is -0.00861 e. The van der Waals surface area contributed by atoms with Crippen LogP contribution in [-0.2, 0) is 0 Å². The highest BCUT2D eigenvalue weighted by molar-refractivity contribution is 5.54. The Morgan fingerprint density at radius 1 is 0.700 bits per heavy atom. The molecule has 0 nitrogen and oxygen atoms in total. The summed E-state index contributed by atoms with van der Waals surface area (Å²) in [6.45, 7) is 14.5. The van der Waals surface area contributed by atoms with Gasteiger partial charge in [0.15, 0.2) is 0 Å². The predicted molar refractivity (Wildman–Crippen MR) is 87.7 cm³/mol. The van der Waals surface area contributed by atoms with E-state index in [2.05, 4.69) is 41.5 Å². The normalized spacial score (nSPS) is 26.1. The van der Waals surface area contributed by atoms with E-state index < -0.39 is 0 Å². The van der Waals surface area contributed by atoms with E-state index >= 15 is 0 Å². The number of allylic oxidation sites excluding steroid dienone is 4. The Bertz CT molecular complexity index is 439. The second-order valence-corrected chi connectivity index (χ2v) is 9.65. The first-order valence-corrected chi connectivity index (χ1v) is 8.58. The third kappa shape index (κ3) is 2.20. The molecule has 0 N–H and O–H groups in total. The SMILES string of the molecule is CC(C)(C)C1=C2CC3(CCCC3)CC2=C(C(C)(C)C)C1. The Kier molecular flexibility index (Phi) is 3.06. The van der Waals surface area contributed by atoms with Gasteiger partial charge in [-0.1, -0.05) is 65.5 Å². The molecule has 1 spiro atoms. The Balaban J connectivity index is 2.05. The lowest BCUT2D eigenvalue weighted by atomic mass is 9.75. The van der Waals surface area contributed by atoms with Crippen molar-refractivity contribution in [2.24, 2.45) is 16.2 Å². The van der Waals surface area contributed by atoms with Gasteiger partial charge >= 0.3 is 0 Å². The first-order valence-electron chi connectivity index (χ1n) is 8.58. The number of rotatable bonds is 0. The summed E-state index contributed by atoms with van der Waals surface area (Å²) in [7, 11) is 0. The fraction of sp³-hybridized carbons (Fsp3) is 0.800. The van der Waals surface area contributed by atoms with E-state index in [-0.39, 0.29) is 0 Å². The molecule has 0 heterocycles. The summed E-state index contributed by atoms with van der Waals surface area (Å²) in [5, 5.41) is 0. The zero-order valence-corrected chi connectivity index (χ0v) is 14.4. The topological polar surface area (TPSA) is 0 Å². The molecule has 0 aromatic carbocycles. The maximum absolute atomic E-state index is 2.41. The Morgan fingerprint density at radius 2 is 1.10 bits per heavy atom. The summed E-state index contributed by atoms with van der Waals surface area (Å²) >= 11 is 0. The van der Waals surface area contributed by atoms with Crippen molar-refractivity contribution in [3.05, 3.63) is 22.3 Å². The fourth-order valence-electron chi connectivity index (χ4n) is 4.91. The van der Waals surface area contributed by atoms with Gasteiger partial charge in [-0.15, -0.1) is 0 Å². The lowest BCUT2D eigenvalue weighted by molar-refractivity contribution is 0.319. The van der Waals surface area contributed by atoms with Crippen LogP contribution in [0.1, 0.15) is 86.5 Å². The standard InChI is InChI=1S/C20H32/c1-18(2,3)16-11-17(19(4,5)6)15-13-20(12-14(15)16)9-7-8-10-20/h7-13H2,1-6H3.